The topological polar surface area (TPSA) is 85.1 Å². The number of nitrogens with one attached hydrogen (secondary N) is 1. The van der Waals surface area contributed by atoms with Gasteiger partial charge in [0.05, 0.1) is 10.6 Å². The van der Waals surface area contributed by atoms with Crippen LogP contribution in [0.2, 0.25) is 0 Å². The molecule has 0 fully saturated rings. The number of nitrogen functional groups attached to an aromatic ring is 1. The summed E-state index contributed by atoms with van der Waals surface area (Å²) in [5.74, 6) is 0. The molecule has 6 heteroatoms. The van der Waals surface area contributed by atoms with Crippen LogP contribution in [0.4, 0.5) is 11.4 Å². The van der Waals surface area contributed by atoms with E-state index in [1.807, 2.05) is 0 Å². The second-order valence-corrected chi connectivity index (χ2v) is 5.10. The maximum absolute atomic E-state index is 12.0. The number of hydrogen-bond donors (Lipinski definition) is 2. The first kappa shape index (κ1) is 11.4. The summed E-state index contributed by atoms with van der Waals surface area (Å²) in [6.45, 7) is 0. The largest absolute Gasteiger partial charge is 0.399 e. The molecule has 0 aliphatic carbocycles. The van der Waals surface area contributed by atoms with Crippen molar-refractivity contribution in [2.75, 3.05) is 10.5 Å². The Morgan fingerprint density at radius 3 is 2.47 bits per heavy atom. The van der Waals surface area contributed by atoms with Crippen LogP contribution in [0.25, 0.3) is 0 Å². The van der Waals surface area contributed by atoms with Gasteiger partial charge >= 0.3 is 0 Å². The third kappa shape index (κ3) is 2.73. The molecule has 0 atom stereocenters. The maximum Gasteiger partial charge on any atom is 0.261 e. The molecule has 1 aromatic carbocycles. The summed E-state index contributed by atoms with van der Waals surface area (Å²) >= 11 is 0. The van der Waals surface area contributed by atoms with Gasteiger partial charge in [-0.3, -0.25) is 9.71 Å². The van der Waals surface area contributed by atoms with Crippen molar-refractivity contribution in [3.8, 4) is 0 Å². The molecular weight excluding hydrogens is 238 g/mol. The minimum atomic E-state index is -3.59. The van der Waals surface area contributed by atoms with Crippen LogP contribution in [0.3, 0.4) is 0 Å². The zero-order valence-corrected chi connectivity index (χ0v) is 9.68. The van der Waals surface area contributed by atoms with Crippen LogP contribution in [0.15, 0.2) is 53.7 Å². The normalized spacial score (nSPS) is 11.1. The lowest BCUT2D eigenvalue weighted by atomic mass is 10.3. The van der Waals surface area contributed by atoms with Gasteiger partial charge < -0.3 is 5.73 Å². The number of benzene rings is 1. The predicted octanol–water partition coefficient (Wildman–Crippen LogP) is 1.46. The molecule has 5 nitrogen and oxygen atoms in total. The van der Waals surface area contributed by atoms with Gasteiger partial charge in [-0.25, -0.2) is 8.42 Å². The Kier molecular flexibility index (Phi) is 2.97. The van der Waals surface area contributed by atoms with Crippen molar-refractivity contribution in [3.05, 3.63) is 48.8 Å². The molecule has 17 heavy (non-hydrogen) atoms. The van der Waals surface area contributed by atoms with E-state index >= 15 is 0 Å². The Bertz CT molecular complexity index is 612. The molecule has 1 heterocycles. The van der Waals surface area contributed by atoms with Crippen molar-refractivity contribution >= 4 is 21.4 Å². The first-order valence-corrected chi connectivity index (χ1v) is 6.35. The van der Waals surface area contributed by atoms with E-state index in [0.29, 0.717) is 11.4 Å². The Morgan fingerprint density at radius 1 is 1.12 bits per heavy atom. The SMILES string of the molecule is Nc1cccc(S(=O)(=O)Nc2ccncc2)c1. The number of aromatic nitrogens is 1. The Balaban J connectivity index is 2.32. The van der Waals surface area contributed by atoms with E-state index in [4.69, 9.17) is 5.73 Å². The number of sulfonamides is 1. The molecule has 0 saturated carbocycles. The zero-order chi connectivity index (χ0) is 12.3. The second-order valence-electron chi connectivity index (χ2n) is 3.41. The van der Waals surface area contributed by atoms with Gasteiger partial charge in [0, 0.05) is 18.1 Å². The zero-order valence-electron chi connectivity index (χ0n) is 8.87. The minimum absolute atomic E-state index is 0.134. The lowest BCUT2D eigenvalue weighted by Gasteiger charge is -2.07. The van der Waals surface area contributed by atoms with Crippen LogP contribution in [0.5, 0.6) is 0 Å². The molecule has 2 aromatic rings. The third-order valence-electron chi connectivity index (χ3n) is 2.10. The molecule has 0 radical (unpaired) electrons. The van der Waals surface area contributed by atoms with Crippen LogP contribution in [0.1, 0.15) is 0 Å². The van der Waals surface area contributed by atoms with E-state index in [2.05, 4.69) is 9.71 Å². The molecule has 88 valence electrons. The molecule has 2 rings (SSSR count). The van der Waals surface area contributed by atoms with Crippen molar-refractivity contribution in [1.29, 1.82) is 0 Å². The summed E-state index contributed by atoms with van der Waals surface area (Å²) in [6.07, 6.45) is 3.02. The highest BCUT2D eigenvalue weighted by Crippen LogP contribution is 2.16. The quantitative estimate of drug-likeness (QED) is 0.806. The molecule has 0 spiro atoms. The molecule has 0 amide bonds. The molecule has 3 N–H and O–H groups in total. The van der Waals surface area contributed by atoms with Gasteiger partial charge in [-0.05, 0) is 30.3 Å². The summed E-state index contributed by atoms with van der Waals surface area (Å²) in [5, 5.41) is 0. The maximum atomic E-state index is 12.0. The van der Waals surface area contributed by atoms with E-state index < -0.39 is 10.0 Å². The average molecular weight is 249 g/mol. The van der Waals surface area contributed by atoms with Gasteiger partial charge in [-0.2, -0.15) is 0 Å². The van der Waals surface area contributed by atoms with Gasteiger partial charge in [-0.1, -0.05) is 6.07 Å². The van der Waals surface area contributed by atoms with E-state index in [-0.39, 0.29) is 4.90 Å². The van der Waals surface area contributed by atoms with Crippen LogP contribution in [0, 0.1) is 0 Å². The molecule has 0 unspecified atom stereocenters. The molecule has 0 saturated heterocycles. The summed E-state index contributed by atoms with van der Waals surface area (Å²) < 4.78 is 26.4. The van der Waals surface area contributed by atoms with Gasteiger partial charge in [0.25, 0.3) is 10.0 Å². The van der Waals surface area contributed by atoms with Gasteiger partial charge in [0.1, 0.15) is 0 Å². The highest BCUT2D eigenvalue weighted by Gasteiger charge is 2.13. The summed E-state index contributed by atoms with van der Waals surface area (Å²) in [5.41, 5.74) is 6.41. The second kappa shape index (κ2) is 4.42. The Hall–Kier alpha value is -2.08. The fourth-order valence-electron chi connectivity index (χ4n) is 1.32. The average Bonchev–Trinajstić information content (AvgIpc) is 2.30. The van der Waals surface area contributed by atoms with Crippen molar-refractivity contribution in [2.24, 2.45) is 0 Å². The number of hydrogen-bond acceptors (Lipinski definition) is 4. The van der Waals surface area contributed by atoms with E-state index in [9.17, 15) is 8.42 Å². The van der Waals surface area contributed by atoms with Gasteiger partial charge in [0.2, 0.25) is 0 Å². The van der Waals surface area contributed by atoms with Gasteiger partial charge in [-0.15, -0.1) is 0 Å². The van der Waals surface area contributed by atoms with Gasteiger partial charge in [0.15, 0.2) is 0 Å². The predicted molar refractivity (Wildman–Crippen MR) is 65.9 cm³/mol. The lowest BCUT2D eigenvalue weighted by Crippen LogP contribution is -2.13. The number of nitrogens with zero attached hydrogens (tertiary/aromatic N) is 1. The van der Waals surface area contributed by atoms with Crippen molar-refractivity contribution in [3.63, 3.8) is 0 Å². The highest BCUT2D eigenvalue weighted by molar-refractivity contribution is 7.92. The van der Waals surface area contributed by atoms with E-state index in [0.717, 1.165) is 0 Å². The van der Waals surface area contributed by atoms with Crippen LogP contribution >= 0.6 is 0 Å². The fraction of sp³-hybridized carbons (Fsp3) is 0. The smallest absolute Gasteiger partial charge is 0.261 e. The van der Waals surface area contributed by atoms with Crippen LogP contribution < -0.4 is 10.5 Å². The van der Waals surface area contributed by atoms with Crippen molar-refractivity contribution in [1.82, 2.24) is 4.98 Å². The van der Waals surface area contributed by atoms with E-state index in [1.54, 1.807) is 24.3 Å². The molecule has 1 aromatic heterocycles. The minimum Gasteiger partial charge on any atom is -0.399 e. The number of anilines is 2. The Morgan fingerprint density at radius 2 is 1.82 bits per heavy atom. The number of nitrogens with two attached hydrogens (primary N) is 1. The standard InChI is InChI=1S/C11H11N3O2S/c12-9-2-1-3-11(8-9)17(15,16)14-10-4-6-13-7-5-10/h1-8H,12H2,(H,13,14). The first-order valence-electron chi connectivity index (χ1n) is 4.86. The molecule has 0 aliphatic rings. The monoisotopic (exact) mass is 249 g/mol. The van der Waals surface area contributed by atoms with Crippen LogP contribution in [-0.4, -0.2) is 13.4 Å². The number of pyridine rings is 1. The third-order valence-corrected chi connectivity index (χ3v) is 3.48. The summed E-state index contributed by atoms with van der Waals surface area (Å²) in [4.78, 5) is 3.94. The molecular formula is C11H11N3O2S. The summed E-state index contributed by atoms with van der Waals surface area (Å²) in [6, 6.07) is 9.26. The highest BCUT2D eigenvalue weighted by atomic mass is 32.2. The van der Waals surface area contributed by atoms with Crippen molar-refractivity contribution < 1.29 is 8.42 Å². The fourth-order valence-corrected chi connectivity index (χ4v) is 2.43. The Labute approximate surface area is 99.4 Å². The number of rotatable bonds is 3. The molecule has 0 aliphatic heterocycles. The summed E-state index contributed by atoms with van der Waals surface area (Å²) in [7, 11) is -3.59. The molecule has 0 bridgehead atoms. The van der Waals surface area contributed by atoms with Crippen LogP contribution in [-0.2, 0) is 10.0 Å². The van der Waals surface area contributed by atoms with E-state index in [1.165, 1.54) is 24.5 Å². The first-order chi connectivity index (χ1) is 8.08. The van der Waals surface area contributed by atoms with Crippen molar-refractivity contribution in [2.45, 2.75) is 4.90 Å². The lowest BCUT2D eigenvalue weighted by molar-refractivity contribution is 0.601.